The molecule has 0 radical (unpaired) electrons. The molecule has 0 saturated heterocycles. The SMILES string of the molecule is CCc1nc2c(C)cc(C)nc2n1Cc1ccc(Nc2ccc(C(=O)O)cc2)cc1. The number of benzene rings is 2. The summed E-state index contributed by atoms with van der Waals surface area (Å²) in [6, 6.07) is 17.0. The lowest BCUT2D eigenvalue weighted by Gasteiger charge is -2.11. The minimum atomic E-state index is -0.927. The van der Waals surface area contributed by atoms with Crippen molar-refractivity contribution in [3.05, 3.63) is 82.8 Å². The van der Waals surface area contributed by atoms with E-state index in [0.717, 1.165) is 51.6 Å². The molecule has 0 spiro atoms. The molecule has 2 heterocycles. The molecule has 0 fully saturated rings. The number of nitrogens with zero attached hydrogens (tertiary/aromatic N) is 3. The monoisotopic (exact) mass is 400 g/mol. The summed E-state index contributed by atoms with van der Waals surface area (Å²) in [4.78, 5) is 20.5. The van der Waals surface area contributed by atoms with E-state index in [1.54, 1.807) is 24.3 Å². The number of pyridine rings is 1. The summed E-state index contributed by atoms with van der Waals surface area (Å²) in [5.41, 5.74) is 7.28. The van der Waals surface area contributed by atoms with E-state index in [1.165, 1.54) is 0 Å². The van der Waals surface area contributed by atoms with Gasteiger partial charge in [-0.1, -0.05) is 19.1 Å². The molecule has 0 atom stereocenters. The van der Waals surface area contributed by atoms with Crippen molar-refractivity contribution >= 4 is 28.5 Å². The number of fused-ring (bicyclic) bond motifs is 1. The molecule has 0 aliphatic heterocycles. The van der Waals surface area contributed by atoms with Crippen molar-refractivity contribution in [1.82, 2.24) is 14.5 Å². The van der Waals surface area contributed by atoms with Crippen molar-refractivity contribution in [3.63, 3.8) is 0 Å². The second-order valence-electron chi connectivity index (χ2n) is 7.42. The van der Waals surface area contributed by atoms with Crippen LogP contribution in [0.3, 0.4) is 0 Å². The summed E-state index contributed by atoms with van der Waals surface area (Å²) in [5.74, 6) is 0.108. The zero-order valence-corrected chi connectivity index (χ0v) is 17.3. The predicted octanol–water partition coefficient (Wildman–Crippen LogP) is 5.10. The van der Waals surface area contributed by atoms with Crippen molar-refractivity contribution in [3.8, 4) is 0 Å². The first-order valence-corrected chi connectivity index (χ1v) is 9.97. The Morgan fingerprint density at radius 1 is 1.00 bits per heavy atom. The predicted molar refractivity (Wildman–Crippen MR) is 119 cm³/mol. The normalized spacial score (nSPS) is 11.0. The number of nitrogens with one attached hydrogen (secondary N) is 1. The molecule has 6 nitrogen and oxygen atoms in total. The fraction of sp³-hybridized carbons (Fsp3) is 0.208. The Kier molecular flexibility index (Phi) is 5.23. The lowest BCUT2D eigenvalue weighted by molar-refractivity contribution is 0.0697. The van der Waals surface area contributed by atoms with Gasteiger partial charge in [-0.2, -0.15) is 0 Å². The smallest absolute Gasteiger partial charge is 0.335 e. The lowest BCUT2D eigenvalue weighted by Crippen LogP contribution is -2.05. The minimum Gasteiger partial charge on any atom is -0.478 e. The van der Waals surface area contributed by atoms with Gasteiger partial charge in [-0.05, 0) is 67.4 Å². The summed E-state index contributed by atoms with van der Waals surface area (Å²) in [5, 5.41) is 12.3. The van der Waals surface area contributed by atoms with E-state index < -0.39 is 5.97 Å². The highest BCUT2D eigenvalue weighted by Gasteiger charge is 2.13. The van der Waals surface area contributed by atoms with E-state index in [-0.39, 0.29) is 5.56 Å². The van der Waals surface area contributed by atoms with Gasteiger partial charge in [-0.3, -0.25) is 0 Å². The van der Waals surface area contributed by atoms with Gasteiger partial charge in [-0.15, -0.1) is 0 Å². The van der Waals surface area contributed by atoms with Crippen LogP contribution in [0.25, 0.3) is 11.2 Å². The van der Waals surface area contributed by atoms with E-state index in [1.807, 2.05) is 19.1 Å². The summed E-state index contributed by atoms with van der Waals surface area (Å²) in [6.45, 7) is 6.92. The third-order valence-corrected chi connectivity index (χ3v) is 5.13. The van der Waals surface area contributed by atoms with Gasteiger partial charge in [0.1, 0.15) is 11.3 Å². The first kappa shape index (κ1) is 19.6. The number of aryl methyl sites for hydroxylation is 3. The Bertz CT molecular complexity index is 1210. The fourth-order valence-electron chi connectivity index (χ4n) is 3.62. The molecular weight excluding hydrogens is 376 g/mol. The van der Waals surface area contributed by atoms with Crippen molar-refractivity contribution in [2.45, 2.75) is 33.7 Å². The Balaban J connectivity index is 1.56. The highest BCUT2D eigenvalue weighted by atomic mass is 16.4. The fourth-order valence-corrected chi connectivity index (χ4v) is 3.62. The number of hydrogen-bond acceptors (Lipinski definition) is 4. The molecule has 0 amide bonds. The van der Waals surface area contributed by atoms with Crippen LogP contribution in [-0.4, -0.2) is 25.6 Å². The van der Waals surface area contributed by atoms with E-state index >= 15 is 0 Å². The molecular formula is C24H24N4O2. The molecule has 4 aromatic rings. The van der Waals surface area contributed by atoms with Gasteiger partial charge in [0.15, 0.2) is 5.65 Å². The number of carbonyl (C=O) groups is 1. The van der Waals surface area contributed by atoms with Crippen LogP contribution >= 0.6 is 0 Å². The Hall–Kier alpha value is -3.67. The molecule has 0 unspecified atom stereocenters. The van der Waals surface area contributed by atoms with Crippen molar-refractivity contribution in [1.29, 1.82) is 0 Å². The Morgan fingerprint density at radius 2 is 1.63 bits per heavy atom. The third-order valence-electron chi connectivity index (χ3n) is 5.13. The summed E-state index contributed by atoms with van der Waals surface area (Å²) >= 11 is 0. The lowest BCUT2D eigenvalue weighted by atomic mass is 10.1. The average Bonchev–Trinajstić information content (AvgIpc) is 3.07. The van der Waals surface area contributed by atoms with Crippen molar-refractivity contribution < 1.29 is 9.90 Å². The summed E-state index contributed by atoms with van der Waals surface area (Å²) in [6.07, 6.45) is 0.848. The second kappa shape index (κ2) is 7.99. The van der Waals surface area contributed by atoms with Gasteiger partial charge in [0.05, 0.1) is 12.1 Å². The number of aromatic carboxylic acids is 1. The maximum Gasteiger partial charge on any atom is 0.335 e. The molecule has 2 aromatic carbocycles. The average molecular weight is 400 g/mol. The Labute approximate surface area is 175 Å². The van der Waals surface area contributed by atoms with Crippen LogP contribution in [0.5, 0.6) is 0 Å². The van der Waals surface area contributed by atoms with Gasteiger partial charge in [0, 0.05) is 23.5 Å². The molecule has 0 bridgehead atoms. The summed E-state index contributed by atoms with van der Waals surface area (Å²) < 4.78 is 2.20. The topological polar surface area (TPSA) is 80.0 Å². The maximum atomic E-state index is 11.0. The van der Waals surface area contributed by atoms with E-state index in [2.05, 4.69) is 41.9 Å². The third kappa shape index (κ3) is 3.89. The van der Waals surface area contributed by atoms with E-state index in [0.29, 0.717) is 6.54 Å². The number of carboxylic acids is 1. The van der Waals surface area contributed by atoms with E-state index in [4.69, 9.17) is 15.1 Å². The molecule has 6 heteroatoms. The van der Waals surface area contributed by atoms with Crippen molar-refractivity contribution in [2.24, 2.45) is 0 Å². The van der Waals surface area contributed by atoms with Crippen LogP contribution in [0.1, 0.15) is 39.9 Å². The minimum absolute atomic E-state index is 0.272. The molecule has 4 rings (SSSR count). The number of aromatic nitrogens is 3. The largest absolute Gasteiger partial charge is 0.478 e. The van der Waals surface area contributed by atoms with Crippen molar-refractivity contribution in [2.75, 3.05) is 5.32 Å². The standard InChI is InChI=1S/C24H24N4O2/c1-4-21-27-22-15(2)13-16(3)25-23(22)28(21)14-17-5-9-19(10-6-17)26-20-11-7-18(8-12-20)24(29)30/h5-13,26H,4,14H2,1-3H3,(H,29,30). The number of carboxylic acid groups (broad SMARTS) is 1. The molecule has 0 aliphatic rings. The first-order valence-electron chi connectivity index (χ1n) is 9.97. The van der Waals surface area contributed by atoms with Crippen LogP contribution in [0.2, 0.25) is 0 Å². The molecule has 2 N–H and O–H groups in total. The van der Waals surface area contributed by atoms with Gasteiger partial charge in [0.2, 0.25) is 0 Å². The number of rotatable bonds is 6. The number of hydrogen-bond donors (Lipinski definition) is 2. The quantitative estimate of drug-likeness (QED) is 0.471. The van der Waals surface area contributed by atoms with Gasteiger partial charge >= 0.3 is 5.97 Å². The highest BCUT2D eigenvalue weighted by Crippen LogP contribution is 2.22. The van der Waals surface area contributed by atoms with Gasteiger partial charge in [-0.25, -0.2) is 14.8 Å². The van der Waals surface area contributed by atoms with Gasteiger partial charge < -0.3 is 15.0 Å². The molecule has 152 valence electrons. The Morgan fingerprint density at radius 3 is 2.23 bits per heavy atom. The number of imidazole rings is 1. The van der Waals surface area contributed by atoms with Crippen LogP contribution in [0.15, 0.2) is 54.6 Å². The maximum absolute atomic E-state index is 11.0. The van der Waals surface area contributed by atoms with Crippen LogP contribution in [-0.2, 0) is 13.0 Å². The zero-order valence-electron chi connectivity index (χ0n) is 17.3. The van der Waals surface area contributed by atoms with E-state index in [9.17, 15) is 4.79 Å². The van der Waals surface area contributed by atoms with Gasteiger partial charge in [0.25, 0.3) is 0 Å². The molecule has 30 heavy (non-hydrogen) atoms. The number of anilines is 2. The highest BCUT2D eigenvalue weighted by molar-refractivity contribution is 5.88. The first-order chi connectivity index (χ1) is 14.4. The second-order valence-corrected chi connectivity index (χ2v) is 7.42. The molecule has 0 aliphatic carbocycles. The van der Waals surface area contributed by atoms with Crippen LogP contribution in [0, 0.1) is 13.8 Å². The summed E-state index contributed by atoms with van der Waals surface area (Å²) in [7, 11) is 0. The molecule has 2 aromatic heterocycles. The zero-order chi connectivity index (χ0) is 21.3. The van der Waals surface area contributed by atoms with Crippen LogP contribution < -0.4 is 5.32 Å². The van der Waals surface area contributed by atoms with Crippen LogP contribution in [0.4, 0.5) is 11.4 Å². The molecule has 0 saturated carbocycles.